The minimum absolute atomic E-state index is 0.0822. The number of hydrogen-bond acceptors (Lipinski definition) is 4. The van der Waals surface area contributed by atoms with Crippen molar-refractivity contribution in [1.29, 1.82) is 0 Å². The van der Waals surface area contributed by atoms with E-state index in [2.05, 4.69) is 25.7 Å². The van der Waals surface area contributed by atoms with Gasteiger partial charge in [-0.3, -0.25) is 4.79 Å². The van der Waals surface area contributed by atoms with E-state index in [0.29, 0.717) is 5.92 Å². The third kappa shape index (κ3) is 4.03. The zero-order valence-electron chi connectivity index (χ0n) is 15.9. The van der Waals surface area contributed by atoms with Gasteiger partial charge in [0.05, 0.1) is 31.5 Å². The molecule has 0 spiro atoms. The molecule has 27 heavy (non-hydrogen) atoms. The quantitative estimate of drug-likeness (QED) is 0.779. The Hall–Kier alpha value is -1.88. The van der Waals surface area contributed by atoms with Crippen molar-refractivity contribution in [3.63, 3.8) is 0 Å². The summed E-state index contributed by atoms with van der Waals surface area (Å²) >= 11 is 0. The average molecular weight is 391 g/mol. The van der Waals surface area contributed by atoms with Crippen LogP contribution in [0.15, 0.2) is 24.3 Å². The number of benzene rings is 1. The van der Waals surface area contributed by atoms with Gasteiger partial charge in [0.15, 0.2) is 0 Å². The van der Waals surface area contributed by atoms with Crippen LogP contribution < -0.4 is 0 Å². The molecular formula is C20H26N2O4S. The van der Waals surface area contributed by atoms with Gasteiger partial charge in [-0.2, -0.15) is 4.31 Å². The van der Waals surface area contributed by atoms with Crippen LogP contribution >= 0.6 is 0 Å². The molecule has 0 aliphatic carbocycles. The van der Waals surface area contributed by atoms with Crippen LogP contribution in [0.3, 0.4) is 0 Å². The smallest absolute Gasteiger partial charge is 0.238 e. The number of piperazine rings is 1. The Balaban J connectivity index is 1.80. The highest BCUT2D eigenvalue weighted by molar-refractivity contribution is 7.88. The van der Waals surface area contributed by atoms with Gasteiger partial charge in [-0.15, -0.1) is 0 Å². The zero-order valence-corrected chi connectivity index (χ0v) is 16.7. The first-order valence-electron chi connectivity index (χ1n) is 9.18. The molecule has 7 heteroatoms. The van der Waals surface area contributed by atoms with Crippen LogP contribution in [-0.2, 0) is 14.8 Å². The van der Waals surface area contributed by atoms with Gasteiger partial charge in [-0.05, 0) is 23.6 Å². The molecular weight excluding hydrogens is 364 g/mol. The number of fused-ring (bicyclic) bond motifs is 1. The van der Waals surface area contributed by atoms with Gasteiger partial charge in [-0.1, -0.05) is 37.8 Å². The lowest BCUT2D eigenvalue weighted by molar-refractivity contribution is -0.158. The Bertz CT molecular complexity index is 867. The molecule has 0 unspecified atom stereocenters. The minimum Gasteiger partial charge on any atom is -0.394 e. The molecule has 2 saturated heterocycles. The first-order chi connectivity index (χ1) is 12.7. The highest BCUT2D eigenvalue weighted by Crippen LogP contribution is 2.43. The second kappa shape index (κ2) is 7.63. The highest BCUT2D eigenvalue weighted by atomic mass is 32.2. The molecule has 1 N–H and O–H groups in total. The van der Waals surface area contributed by atoms with E-state index >= 15 is 0 Å². The molecule has 2 aliphatic rings. The van der Waals surface area contributed by atoms with Crippen molar-refractivity contribution < 1.29 is 18.3 Å². The Kier molecular flexibility index (Phi) is 5.61. The van der Waals surface area contributed by atoms with E-state index in [1.54, 1.807) is 4.90 Å². The molecule has 2 aliphatic heterocycles. The van der Waals surface area contributed by atoms with Gasteiger partial charge in [0.25, 0.3) is 0 Å². The normalized spacial score (nSPS) is 25.6. The highest BCUT2D eigenvalue weighted by Gasteiger charge is 2.54. The van der Waals surface area contributed by atoms with Crippen molar-refractivity contribution in [3.05, 3.63) is 35.4 Å². The number of aliphatic hydroxyl groups is 1. The molecule has 2 fully saturated rings. The standard InChI is InChI=1S/C20H26N2O4S/c1-14(2)5-4-6-15-7-9-16(10-8-15)20-17-11-21(27(3,25)26)12-19(24)22(17)18(20)13-23/h7-10,14,17-18,20,23H,5,11-13H2,1-3H3/t17-,18+,20-/m1/s1. The largest absolute Gasteiger partial charge is 0.394 e. The summed E-state index contributed by atoms with van der Waals surface area (Å²) in [6, 6.07) is 7.28. The molecule has 0 radical (unpaired) electrons. The number of carbonyl (C=O) groups excluding carboxylic acids is 1. The number of rotatable bonds is 4. The van der Waals surface area contributed by atoms with Crippen molar-refractivity contribution in [2.24, 2.45) is 5.92 Å². The number of sulfonamides is 1. The fourth-order valence-electron chi connectivity index (χ4n) is 3.87. The third-order valence-corrected chi connectivity index (χ3v) is 6.44. The van der Waals surface area contributed by atoms with E-state index in [0.717, 1.165) is 23.8 Å². The molecule has 2 heterocycles. The summed E-state index contributed by atoms with van der Waals surface area (Å²) in [6.45, 7) is 4.23. The van der Waals surface area contributed by atoms with Crippen molar-refractivity contribution in [2.45, 2.75) is 38.3 Å². The van der Waals surface area contributed by atoms with Crippen molar-refractivity contribution in [2.75, 3.05) is 26.0 Å². The molecule has 0 saturated carbocycles. The molecule has 1 aromatic rings. The van der Waals surface area contributed by atoms with Crippen LogP contribution in [0.25, 0.3) is 0 Å². The number of amides is 1. The zero-order chi connectivity index (χ0) is 19.8. The lowest BCUT2D eigenvalue weighted by Crippen LogP contribution is -2.73. The van der Waals surface area contributed by atoms with Crippen LogP contribution in [-0.4, -0.2) is 66.7 Å². The lowest BCUT2D eigenvalue weighted by Gasteiger charge is -2.58. The van der Waals surface area contributed by atoms with E-state index in [4.69, 9.17) is 0 Å². The molecule has 1 amide bonds. The topological polar surface area (TPSA) is 77.9 Å². The third-order valence-electron chi connectivity index (χ3n) is 5.23. The molecule has 0 bridgehead atoms. The Labute approximate surface area is 161 Å². The maximum atomic E-state index is 12.4. The average Bonchev–Trinajstić information content (AvgIpc) is 2.56. The minimum atomic E-state index is -3.43. The van der Waals surface area contributed by atoms with Crippen molar-refractivity contribution >= 4 is 15.9 Å². The van der Waals surface area contributed by atoms with Crippen LogP contribution in [0.2, 0.25) is 0 Å². The lowest BCUT2D eigenvalue weighted by atomic mass is 9.74. The summed E-state index contributed by atoms with van der Waals surface area (Å²) in [5, 5.41) is 9.77. The van der Waals surface area contributed by atoms with Gasteiger partial charge in [0, 0.05) is 24.4 Å². The van der Waals surface area contributed by atoms with Gasteiger partial charge in [0.1, 0.15) is 0 Å². The second-order valence-electron chi connectivity index (χ2n) is 7.72. The summed E-state index contributed by atoms with van der Waals surface area (Å²) in [7, 11) is -3.43. The van der Waals surface area contributed by atoms with Gasteiger partial charge in [-0.25, -0.2) is 8.42 Å². The van der Waals surface area contributed by atoms with Crippen LogP contribution in [0.4, 0.5) is 0 Å². The van der Waals surface area contributed by atoms with E-state index in [1.807, 2.05) is 24.3 Å². The predicted octanol–water partition coefficient (Wildman–Crippen LogP) is 1.01. The number of hydrogen-bond donors (Lipinski definition) is 1. The van der Waals surface area contributed by atoms with Crippen LogP contribution in [0, 0.1) is 17.8 Å². The van der Waals surface area contributed by atoms with E-state index in [1.165, 1.54) is 4.31 Å². The monoisotopic (exact) mass is 390 g/mol. The summed E-state index contributed by atoms with van der Waals surface area (Å²) in [5.74, 6) is 6.50. The fraction of sp³-hybridized carbons (Fsp3) is 0.550. The second-order valence-corrected chi connectivity index (χ2v) is 9.70. The summed E-state index contributed by atoms with van der Waals surface area (Å²) in [5.41, 5.74) is 1.92. The van der Waals surface area contributed by atoms with E-state index < -0.39 is 10.0 Å². The summed E-state index contributed by atoms with van der Waals surface area (Å²) < 4.78 is 25.0. The number of aliphatic hydroxyl groups excluding tert-OH is 1. The molecule has 146 valence electrons. The first-order valence-corrected chi connectivity index (χ1v) is 11.0. The Morgan fingerprint density at radius 1 is 1.26 bits per heavy atom. The molecule has 1 aromatic carbocycles. The SMILES string of the molecule is CC(C)CC#Cc1ccc([C@@H]2[C@H]3CN(S(C)(=O)=O)CC(=O)N3[C@H]2CO)cc1. The maximum absolute atomic E-state index is 12.4. The predicted molar refractivity (Wildman–Crippen MR) is 103 cm³/mol. The number of carbonyl (C=O) groups is 1. The van der Waals surface area contributed by atoms with Gasteiger partial charge in [0.2, 0.25) is 15.9 Å². The van der Waals surface area contributed by atoms with E-state index in [9.17, 15) is 18.3 Å². The Morgan fingerprint density at radius 2 is 1.93 bits per heavy atom. The van der Waals surface area contributed by atoms with Crippen LogP contribution in [0.1, 0.15) is 37.3 Å². The van der Waals surface area contributed by atoms with Gasteiger partial charge < -0.3 is 10.0 Å². The molecule has 3 rings (SSSR count). The van der Waals surface area contributed by atoms with Crippen molar-refractivity contribution in [1.82, 2.24) is 9.21 Å². The van der Waals surface area contributed by atoms with E-state index in [-0.39, 0.29) is 43.6 Å². The number of nitrogens with zero attached hydrogens (tertiary/aromatic N) is 2. The molecule has 6 nitrogen and oxygen atoms in total. The summed E-state index contributed by atoms with van der Waals surface area (Å²) in [4.78, 5) is 14.0. The summed E-state index contributed by atoms with van der Waals surface area (Å²) in [6.07, 6.45) is 1.97. The molecule has 0 aromatic heterocycles. The fourth-order valence-corrected chi connectivity index (χ4v) is 4.64. The van der Waals surface area contributed by atoms with Gasteiger partial charge >= 0.3 is 0 Å². The molecule has 3 atom stereocenters. The van der Waals surface area contributed by atoms with Crippen molar-refractivity contribution in [3.8, 4) is 11.8 Å². The Morgan fingerprint density at radius 3 is 2.48 bits per heavy atom. The maximum Gasteiger partial charge on any atom is 0.238 e. The van der Waals surface area contributed by atoms with Crippen LogP contribution in [0.5, 0.6) is 0 Å². The first kappa shape index (κ1) is 19.9.